The van der Waals surface area contributed by atoms with Gasteiger partial charge in [-0.2, -0.15) is 0 Å². The van der Waals surface area contributed by atoms with Crippen LogP contribution in [-0.2, 0) is 38.4 Å². The van der Waals surface area contributed by atoms with Crippen molar-refractivity contribution in [2.24, 2.45) is 11.8 Å². The maximum absolute atomic E-state index is 6.06. The number of hydrogen-bond acceptors (Lipinski definition) is 3. The zero-order valence-electron chi connectivity index (χ0n) is 36.2. The minimum absolute atomic E-state index is 0. The number of para-hydroxylation sites is 3. The second-order valence-electron chi connectivity index (χ2n) is 17.6. The molecule has 0 atom stereocenters. The van der Waals surface area contributed by atoms with Crippen molar-refractivity contribution in [3.05, 3.63) is 187 Å². The fourth-order valence-corrected chi connectivity index (χ4v) is 8.17. The third-order valence-electron chi connectivity index (χ3n) is 10.8. The van der Waals surface area contributed by atoms with E-state index >= 15 is 0 Å². The van der Waals surface area contributed by atoms with Crippen LogP contribution in [0.3, 0.4) is 0 Å². The van der Waals surface area contributed by atoms with E-state index < -0.39 is 0 Å². The van der Waals surface area contributed by atoms with Gasteiger partial charge in [-0.3, -0.25) is 4.98 Å². The summed E-state index contributed by atoms with van der Waals surface area (Å²) >= 11 is 0. The summed E-state index contributed by atoms with van der Waals surface area (Å²) in [5.41, 5.74) is 15.6. The quantitative estimate of drug-likeness (QED) is 0.135. The molecule has 3 aromatic heterocycles. The summed E-state index contributed by atoms with van der Waals surface area (Å²) in [5.74, 6) is 2.04. The standard InChI is InChI=1S/C37H29N2O.C19H24N.Ir/c1-25(2)22-26-20-21-31-32(24-40-35(31)23-26)37-38-33-18-9-10-19-34(33)39(37)36-29(27-12-5-3-6-13-27)16-11-17-30(36)28-14-7-4-8-15-28;1-14(2)11-16-12-18(15-9-7-6-8-10-15)20-13-17(16)19(3,4)5;/h3-21,23,25H,22H2,1-2H3;6-9,12-14H,11H2,1-5H3;/q2*-1;. The van der Waals surface area contributed by atoms with Gasteiger partial charge in [0.1, 0.15) is 0 Å². The van der Waals surface area contributed by atoms with Crippen molar-refractivity contribution in [1.82, 2.24) is 14.5 Å². The van der Waals surface area contributed by atoms with Crippen LogP contribution in [0.4, 0.5) is 0 Å². The van der Waals surface area contributed by atoms with Crippen LogP contribution in [-0.4, -0.2) is 14.5 Å². The zero-order chi connectivity index (χ0) is 41.8. The van der Waals surface area contributed by atoms with E-state index in [2.05, 4.69) is 198 Å². The van der Waals surface area contributed by atoms with Gasteiger partial charge in [0, 0.05) is 49.3 Å². The van der Waals surface area contributed by atoms with Crippen LogP contribution in [0, 0.1) is 24.2 Å². The van der Waals surface area contributed by atoms with E-state index in [1.165, 1.54) is 16.7 Å². The van der Waals surface area contributed by atoms with Gasteiger partial charge in [-0.25, -0.2) is 0 Å². The smallest absolute Gasteiger partial charge is 0.0774 e. The number of furan rings is 1. The number of hydrogen-bond donors (Lipinski definition) is 0. The third-order valence-corrected chi connectivity index (χ3v) is 10.8. The number of benzene rings is 6. The minimum atomic E-state index is 0. The summed E-state index contributed by atoms with van der Waals surface area (Å²) in [6.45, 7) is 15.8. The molecule has 9 aromatic rings. The Balaban J connectivity index is 0.000000226. The van der Waals surface area contributed by atoms with Crippen molar-refractivity contribution < 1.29 is 24.5 Å². The SMILES string of the molecule is CC(C)Cc1cc(-c2[c-]cccc2)ncc1C(C)(C)C.CC(C)Cc1ccc2c(-c3nc4ccccc4n3-c3c(-c4ccccc4)cccc3-c3ccccc3)[c-]oc2c1.[Ir]. The van der Waals surface area contributed by atoms with Crippen LogP contribution in [0.1, 0.15) is 65.2 Å². The molecule has 0 bridgehead atoms. The molecular formula is C56H53IrN3O-2. The maximum Gasteiger partial charge on any atom is 0.0774 e. The van der Waals surface area contributed by atoms with E-state index in [0.717, 1.165) is 85.4 Å². The number of fused-ring (bicyclic) bond motifs is 2. The molecule has 4 nitrogen and oxygen atoms in total. The first-order valence-electron chi connectivity index (χ1n) is 21.2. The predicted molar refractivity (Wildman–Crippen MR) is 250 cm³/mol. The number of pyridine rings is 1. The molecule has 0 fully saturated rings. The summed E-state index contributed by atoms with van der Waals surface area (Å²) < 4.78 is 8.36. The Bertz CT molecular complexity index is 2790. The van der Waals surface area contributed by atoms with Gasteiger partial charge < -0.3 is 14.0 Å². The molecule has 9 rings (SSSR count). The molecule has 0 aliphatic rings. The molecule has 0 spiro atoms. The number of aromatic nitrogens is 3. The molecule has 0 saturated carbocycles. The first-order chi connectivity index (χ1) is 29.0. The average Bonchev–Trinajstić information content (AvgIpc) is 3.85. The zero-order valence-corrected chi connectivity index (χ0v) is 38.6. The van der Waals surface area contributed by atoms with Crippen molar-refractivity contribution >= 4 is 22.0 Å². The summed E-state index contributed by atoms with van der Waals surface area (Å²) in [7, 11) is 0. The maximum atomic E-state index is 6.06. The molecule has 0 amide bonds. The van der Waals surface area contributed by atoms with Crippen LogP contribution in [0.2, 0.25) is 0 Å². The second-order valence-corrected chi connectivity index (χ2v) is 17.6. The van der Waals surface area contributed by atoms with E-state index in [1.807, 2.05) is 30.5 Å². The van der Waals surface area contributed by atoms with Gasteiger partial charge in [0.2, 0.25) is 0 Å². The molecule has 0 aliphatic carbocycles. The molecule has 1 radical (unpaired) electrons. The van der Waals surface area contributed by atoms with Crippen LogP contribution in [0.15, 0.2) is 162 Å². The molecule has 0 saturated heterocycles. The molecular weight excluding hydrogens is 923 g/mol. The Morgan fingerprint density at radius 2 is 1.31 bits per heavy atom. The first kappa shape index (κ1) is 43.2. The third kappa shape index (κ3) is 9.55. The molecule has 5 heteroatoms. The van der Waals surface area contributed by atoms with Gasteiger partial charge in [-0.05, 0) is 70.2 Å². The molecule has 6 aromatic carbocycles. The van der Waals surface area contributed by atoms with Gasteiger partial charge in [-0.1, -0.05) is 174 Å². The number of imidazole rings is 1. The first-order valence-corrected chi connectivity index (χ1v) is 21.2. The summed E-state index contributed by atoms with van der Waals surface area (Å²) in [6, 6.07) is 56.1. The van der Waals surface area contributed by atoms with Crippen molar-refractivity contribution in [3.8, 4) is 50.6 Å². The van der Waals surface area contributed by atoms with E-state index in [4.69, 9.17) is 9.40 Å². The van der Waals surface area contributed by atoms with Crippen LogP contribution in [0.25, 0.3) is 72.6 Å². The largest absolute Gasteiger partial charge is 0.557 e. The van der Waals surface area contributed by atoms with Gasteiger partial charge in [0.05, 0.1) is 22.5 Å². The molecule has 309 valence electrons. The van der Waals surface area contributed by atoms with E-state index in [0.29, 0.717) is 11.8 Å². The second kappa shape index (κ2) is 18.8. The Morgan fingerprint density at radius 3 is 1.93 bits per heavy atom. The average molecular weight is 976 g/mol. The predicted octanol–water partition coefficient (Wildman–Crippen LogP) is 14.8. The molecule has 61 heavy (non-hydrogen) atoms. The molecule has 3 heterocycles. The van der Waals surface area contributed by atoms with Gasteiger partial charge in [-0.15, -0.1) is 42.0 Å². The Hall–Kier alpha value is -5.87. The molecule has 0 N–H and O–H groups in total. The van der Waals surface area contributed by atoms with Crippen LogP contribution >= 0.6 is 0 Å². The van der Waals surface area contributed by atoms with Crippen LogP contribution < -0.4 is 0 Å². The van der Waals surface area contributed by atoms with E-state index in [-0.39, 0.29) is 25.5 Å². The topological polar surface area (TPSA) is 43.9 Å². The van der Waals surface area contributed by atoms with Crippen molar-refractivity contribution in [1.29, 1.82) is 0 Å². The number of rotatable bonds is 9. The Labute approximate surface area is 375 Å². The Morgan fingerprint density at radius 1 is 0.672 bits per heavy atom. The Kier molecular flexibility index (Phi) is 13.3. The summed E-state index contributed by atoms with van der Waals surface area (Å²) in [5, 5.41) is 1.02. The summed E-state index contributed by atoms with van der Waals surface area (Å²) in [6.07, 6.45) is 7.39. The van der Waals surface area contributed by atoms with Gasteiger partial charge in [0.25, 0.3) is 0 Å². The van der Waals surface area contributed by atoms with E-state index in [1.54, 1.807) is 0 Å². The normalized spacial score (nSPS) is 11.5. The number of nitrogens with zero attached hydrogens (tertiary/aromatic N) is 3. The van der Waals surface area contributed by atoms with Crippen molar-refractivity contribution in [2.75, 3.05) is 0 Å². The summed E-state index contributed by atoms with van der Waals surface area (Å²) in [4.78, 5) is 9.85. The van der Waals surface area contributed by atoms with Crippen LogP contribution in [0.5, 0.6) is 0 Å². The van der Waals surface area contributed by atoms with Gasteiger partial charge >= 0.3 is 0 Å². The van der Waals surface area contributed by atoms with Gasteiger partial charge in [0.15, 0.2) is 0 Å². The fourth-order valence-electron chi connectivity index (χ4n) is 8.17. The fraction of sp³-hybridized carbons (Fsp3) is 0.214. The molecule has 0 unspecified atom stereocenters. The minimum Gasteiger partial charge on any atom is -0.557 e. The van der Waals surface area contributed by atoms with E-state index in [9.17, 15) is 0 Å². The van der Waals surface area contributed by atoms with Crippen molar-refractivity contribution in [3.63, 3.8) is 0 Å². The monoisotopic (exact) mass is 976 g/mol. The molecule has 0 aliphatic heterocycles. The van der Waals surface area contributed by atoms with Crippen molar-refractivity contribution in [2.45, 2.75) is 66.7 Å².